The molecular weight excluding hydrogens is 336 g/mol. The number of nitrogens with one attached hydrogen (secondary N) is 1. The van der Waals surface area contributed by atoms with Gasteiger partial charge in [-0.1, -0.05) is 0 Å². The minimum absolute atomic E-state index is 0.105. The van der Waals surface area contributed by atoms with Crippen LogP contribution in [0.5, 0.6) is 0 Å². The molecule has 1 N–H and O–H groups in total. The number of aromatic nitrogens is 2. The van der Waals surface area contributed by atoms with Crippen molar-refractivity contribution in [2.75, 3.05) is 38.8 Å². The topological polar surface area (TPSA) is 59.4 Å². The second-order valence-corrected chi connectivity index (χ2v) is 6.46. The Labute approximate surface area is 133 Å². The minimum atomic E-state index is -0.105. The van der Waals surface area contributed by atoms with Crippen LogP contribution in [0.25, 0.3) is 0 Å². The lowest BCUT2D eigenvalue weighted by Gasteiger charge is -2.40. The van der Waals surface area contributed by atoms with Crippen LogP contribution >= 0.6 is 15.9 Å². The zero-order chi connectivity index (χ0) is 15.5. The Balaban J connectivity index is 2.15. The van der Waals surface area contributed by atoms with Gasteiger partial charge in [-0.3, -0.25) is 4.79 Å². The highest BCUT2D eigenvalue weighted by atomic mass is 79.9. The van der Waals surface area contributed by atoms with E-state index in [2.05, 4.69) is 38.2 Å². The number of nitrogens with zero attached hydrogens (tertiary/aromatic N) is 3. The fourth-order valence-electron chi connectivity index (χ4n) is 2.51. The maximum atomic E-state index is 12.3. The molecule has 118 valence electrons. The van der Waals surface area contributed by atoms with Gasteiger partial charge in [-0.05, 0) is 42.7 Å². The molecule has 0 amide bonds. The van der Waals surface area contributed by atoms with E-state index in [1.807, 2.05) is 7.05 Å². The molecule has 1 aliphatic heterocycles. The fourth-order valence-corrected chi connectivity index (χ4v) is 3.06. The third-order valence-electron chi connectivity index (χ3n) is 4.28. The Morgan fingerprint density at radius 3 is 2.71 bits per heavy atom. The van der Waals surface area contributed by atoms with Crippen LogP contribution < -0.4 is 15.8 Å². The van der Waals surface area contributed by atoms with Crippen molar-refractivity contribution < 1.29 is 4.74 Å². The van der Waals surface area contributed by atoms with Crippen molar-refractivity contribution in [2.45, 2.75) is 31.8 Å². The molecule has 2 heterocycles. The first-order valence-electron chi connectivity index (χ1n) is 7.19. The molecule has 1 aliphatic rings. The Hall–Kier alpha value is -0.920. The summed E-state index contributed by atoms with van der Waals surface area (Å²) in [5, 5.41) is 7.62. The minimum Gasteiger partial charge on any atom is -0.383 e. The average molecular weight is 359 g/mol. The van der Waals surface area contributed by atoms with Crippen molar-refractivity contribution in [3.05, 3.63) is 21.0 Å². The largest absolute Gasteiger partial charge is 0.383 e. The van der Waals surface area contributed by atoms with Gasteiger partial charge < -0.3 is 15.0 Å². The van der Waals surface area contributed by atoms with Gasteiger partial charge in [-0.15, -0.1) is 0 Å². The standard InChI is InChI=1S/C14H23BrN4O2/c1-14(16-2)4-6-18(7-5-14)11-10-17-19(8-9-21-3)13(20)12(11)15/h10,16H,4-9H2,1-3H3. The number of hydrogen-bond donors (Lipinski definition) is 1. The first-order valence-corrected chi connectivity index (χ1v) is 7.98. The fraction of sp³-hybridized carbons (Fsp3) is 0.714. The third-order valence-corrected chi connectivity index (χ3v) is 5.03. The zero-order valence-electron chi connectivity index (χ0n) is 12.9. The molecule has 7 heteroatoms. The van der Waals surface area contributed by atoms with E-state index in [0.29, 0.717) is 17.6 Å². The van der Waals surface area contributed by atoms with E-state index in [1.54, 1.807) is 13.3 Å². The lowest BCUT2D eigenvalue weighted by Crippen LogP contribution is -2.50. The van der Waals surface area contributed by atoms with Crippen LogP contribution in [0.15, 0.2) is 15.5 Å². The summed E-state index contributed by atoms with van der Waals surface area (Å²) in [4.78, 5) is 14.5. The molecule has 1 aromatic rings. The summed E-state index contributed by atoms with van der Waals surface area (Å²) >= 11 is 3.43. The summed E-state index contributed by atoms with van der Waals surface area (Å²) in [6, 6.07) is 0. The van der Waals surface area contributed by atoms with Gasteiger partial charge in [0.05, 0.1) is 25.0 Å². The normalized spacial score (nSPS) is 18.0. The molecule has 2 rings (SSSR count). The van der Waals surface area contributed by atoms with E-state index < -0.39 is 0 Å². The number of hydrogen-bond acceptors (Lipinski definition) is 5. The van der Waals surface area contributed by atoms with Gasteiger partial charge in [0.1, 0.15) is 4.47 Å². The van der Waals surface area contributed by atoms with E-state index in [0.717, 1.165) is 31.6 Å². The van der Waals surface area contributed by atoms with Crippen LogP contribution in [0.4, 0.5) is 5.69 Å². The van der Waals surface area contributed by atoms with E-state index in [4.69, 9.17) is 4.74 Å². The van der Waals surface area contributed by atoms with E-state index in [1.165, 1.54) is 4.68 Å². The van der Waals surface area contributed by atoms with Crippen molar-refractivity contribution in [1.29, 1.82) is 0 Å². The first kappa shape index (κ1) is 16.5. The van der Waals surface area contributed by atoms with Gasteiger partial charge in [0, 0.05) is 25.7 Å². The van der Waals surface area contributed by atoms with Crippen LogP contribution in [-0.2, 0) is 11.3 Å². The van der Waals surface area contributed by atoms with Crippen molar-refractivity contribution in [1.82, 2.24) is 15.1 Å². The Kier molecular flexibility index (Phi) is 5.40. The molecule has 1 saturated heterocycles. The van der Waals surface area contributed by atoms with Gasteiger partial charge in [-0.25, -0.2) is 4.68 Å². The van der Waals surface area contributed by atoms with E-state index >= 15 is 0 Å². The quantitative estimate of drug-likeness (QED) is 0.857. The number of halogens is 1. The molecule has 0 saturated carbocycles. The highest BCUT2D eigenvalue weighted by Gasteiger charge is 2.29. The number of methoxy groups -OCH3 is 1. The lowest BCUT2D eigenvalue weighted by atomic mass is 9.90. The molecule has 0 spiro atoms. The summed E-state index contributed by atoms with van der Waals surface area (Å²) in [5.41, 5.74) is 0.961. The summed E-state index contributed by atoms with van der Waals surface area (Å²) in [6.07, 6.45) is 3.86. The van der Waals surface area contributed by atoms with Crippen molar-refractivity contribution in [3.63, 3.8) is 0 Å². The first-order chi connectivity index (χ1) is 10.0. The molecule has 21 heavy (non-hydrogen) atoms. The molecule has 0 atom stereocenters. The van der Waals surface area contributed by atoms with E-state index in [-0.39, 0.29) is 11.1 Å². The second kappa shape index (κ2) is 6.89. The highest BCUT2D eigenvalue weighted by Crippen LogP contribution is 2.28. The van der Waals surface area contributed by atoms with Crippen molar-refractivity contribution in [3.8, 4) is 0 Å². The molecule has 1 fully saturated rings. The summed E-state index contributed by atoms with van der Waals surface area (Å²) in [6.45, 7) is 5.01. The predicted octanol–water partition coefficient (Wildman–Crippen LogP) is 1.23. The van der Waals surface area contributed by atoms with Crippen LogP contribution in [0.2, 0.25) is 0 Å². The predicted molar refractivity (Wildman–Crippen MR) is 87.0 cm³/mol. The molecule has 1 aromatic heterocycles. The van der Waals surface area contributed by atoms with Crippen molar-refractivity contribution in [2.24, 2.45) is 0 Å². The van der Waals surface area contributed by atoms with Crippen LogP contribution in [0.1, 0.15) is 19.8 Å². The molecule has 0 radical (unpaired) electrons. The van der Waals surface area contributed by atoms with E-state index in [9.17, 15) is 4.79 Å². The lowest BCUT2D eigenvalue weighted by molar-refractivity contribution is 0.181. The monoisotopic (exact) mass is 358 g/mol. The number of rotatable bonds is 5. The average Bonchev–Trinajstić information content (AvgIpc) is 2.50. The smallest absolute Gasteiger partial charge is 0.283 e. The molecule has 0 bridgehead atoms. The Bertz CT molecular complexity index is 538. The number of piperidine rings is 1. The Morgan fingerprint density at radius 2 is 2.14 bits per heavy atom. The van der Waals surface area contributed by atoms with Crippen LogP contribution in [0.3, 0.4) is 0 Å². The second-order valence-electron chi connectivity index (χ2n) is 5.66. The zero-order valence-corrected chi connectivity index (χ0v) is 14.4. The van der Waals surface area contributed by atoms with Crippen LogP contribution in [0, 0.1) is 0 Å². The molecule has 0 unspecified atom stereocenters. The van der Waals surface area contributed by atoms with Gasteiger partial charge in [0.25, 0.3) is 5.56 Å². The summed E-state index contributed by atoms with van der Waals surface area (Å²) in [5.74, 6) is 0. The molecule has 6 nitrogen and oxygen atoms in total. The Morgan fingerprint density at radius 1 is 1.48 bits per heavy atom. The number of anilines is 1. The SMILES string of the molecule is CNC1(C)CCN(c2cnn(CCOC)c(=O)c2Br)CC1. The van der Waals surface area contributed by atoms with Gasteiger partial charge in [0.15, 0.2) is 0 Å². The van der Waals surface area contributed by atoms with Crippen molar-refractivity contribution >= 4 is 21.6 Å². The van der Waals surface area contributed by atoms with Crippen LogP contribution in [-0.4, -0.2) is 49.2 Å². The molecule has 0 aromatic carbocycles. The summed E-state index contributed by atoms with van der Waals surface area (Å²) < 4.78 is 7.00. The molecular formula is C14H23BrN4O2. The van der Waals surface area contributed by atoms with Gasteiger partial charge in [-0.2, -0.15) is 5.10 Å². The maximum Gasteiger partial charge on any atom is 0.283 e. The highest BCUT2D eigenvalue weighted by molar-refractivity contribution is 9.10. The maximum absolute atomic E-state index is 12.3. The molecule has 0 aliphatic carbocycles. The summed E-state index contributed by atoms with van der Waals surface area (Å²) in [7, 11) is 3.62. The van der Waals surface area contributed by atoms with Gasteiger partial charge >= 0.3 is 0 Å². The number of ether oxygens (including phenoxy) is 1. The van der Waals surface area contributed by atoms with Gasteiger partial charge in [0.2, 0.25) is 0 Å². The third kappa shape index (κ3) is 3.64.